The molecule has 1 aliphatic heterocycles. The van der Waals surface area contributed by atoms with Crippen LogP contribution in [-0.2, 0) is 19.6 Å². The normalized spacial score (nSPS) is 13.0. The molecule has 2 aromatic carbocycles. The van der Waals surface area contributed by atoms with Gasteiger partial charge in [0.05, 0.1) is 59.7 Å². The zero-order chi connectivity index (χ0) is 28.8. The van der Waals surface area contributed by atoms with Gasteiger partial charge in [0.25, 0.3) is 5.91 Å². The maximum absolute atomic E-state index is 13.9. The third kappa shape index (κ3) is 4.66. The number of hydrogen-bond donors (Lipinski definition) is 0. The van der Waals surface area contributed by atoms with E-state index in [1.165, 1.54) is 0 Å². The second-order valence-electron chi connectivity index (χ2n) is 9.94. The fourth-order valence-electron chi connectivity index (χ4n) is 5.16. The first-order valence-corrected chi connectivity index (χ1v) is 14.0. The molecular formula is C29H23Cl2N9O2. The molecule has 0 spiro atoms. The van der Waals surface area contributed by atoms with E-state index in [0.717, 1.165) is 22.5 Å². The molecule has 6 aromatic rings. The smallest absolute Gasteiger partial charge is 0.260 e. The number of aromatic nitrogens is 8. The van der Waals surface area contributed by atoms with E-state index in [4.69, 9.17) is 27.7 Å². The largest absolute Gasteiger partial charge is 0.360 e. The van der Waals surface area contributed by atoms with Gasteiger partial charge in [-0.05, 0) is 31.2 Å². The van der Waals surface area contributed by atoms with Crippen LogP contribution in [0.15, 0.2) is 77.8 Å². The lowest BCUT2D eigenvalue weighted by Gasteiger charge is -2.28. The number of hydrogen-bond acceptors (Lipinski definition) is 7. The number of para-hydroxylation sites is 1. The van der Waals surface area contributed by atoms with Crippen LogP contribution in [0, 0.1) is 6.92 Å². The first kappa shape index (κ1) is 26.2. The molecule has 0 fully saturated rings. The second-order valence-corrected chi connectivity index (χ2v) is 10.8. The molecule has 0 atom stereocenters. The van der Waals surface area contributed by atoms with Gasteiger partial charge in [0, 0.05) is 29.4 Å². The van der Waals surface area contributed by atoms with Gasteiger partial charge in [0.1, 0.15) is 22.7 Å². The summed E-state index contributed by atoms with van der Waals surface area (Å²) in [6, 6.07) is 15.1. The summed E-state index contributed by atoms with van der Waals surface area (Å²) < 4.78 is 10.9. The van der Waals surface area contributed by atoms with Crippen molar-refractivity contribution in [1.29, 1.82) is 0 Å². The molecule has 13 heteroatoms. The number of fused-ring (bicyclic) bond motifs is 1. The lowest BCUT2D eigenvalue weighted by atomic mass is 10.0. The summed E-state index contributed by atoms with van der Waals surface area (Å²) in [7, 11) is 0. The summed E-state index contributed by atoms with van der Waals surface area (Å²) >= 11 is 12.9. The average Bonchev–Trinajstić information content (AvgIpc) is 3.80. The first-order chi connectivity index (χ1) is 20.5. The Morgan fingerprint density at radius 2 is 1.79 bits per heavy atom. The van der Waals surface area contributed by atoms with Crippen molar-refractivity contribution in [3.63, 3.8) is 0 Å². The van der Waals surface area contributed by atoms with E-state index in [1.54, 1.807) is 40.9 Å². The van der Waals surface area contributed by atoms with Gasteiger partial charge in [0.2, 0.25) is 0 Å². The molecule has 5 heterocycles. The van der Waals surface area contributed by atoms with Crippen molar-refractivity contribution in [2.45, 2.75) is 26.6 Å². The van der Waals surface area contributed by atoms with Gasteiger partial charge in [-0.2, -0.15) is 10.2 Å². The fraction of sp³-hybridized carbons (Fsp3) is 0.172. The molecule has 0 saturated heterocycles. The SMILES string of the molecule is Cc1onc(-c2c(Cl)cccc2Cl)c1C(=O)N1CCn2ncc(-c3cn(Cc4cnn(-c5ccccc5)c4)nn3)c2C1. The van der Waals surface area contributed by atoms with Crippen LogP contribution in [0.3, 0.4) is 0 Å². The van der Waals surface area contributed by atoms with Crippen molar-refractivity contribution in [2.75, 3.05) is 6.54 Å². The van der Waals surface area contributed by atoms with Crippen molar-refractivity contribution >= 4 is 29.1 Å². The van der Waals surface area contributed by atoms with Crippen molar-refractivity contribution in [1.82, 2.24) is 44.6 Å². The highest BCUT2D eigenvalue weighted by molar-refractivity contribution is 6.39. The number of benzene rings is 2. The monoisotopic (exact) mass is 599 g/mol. The van der Waals surface area contributed by atoms with Crippen LogP contribution in [0.4, 0.5) is 0 Å². The molecule has 4 aromatic heterocycles. The highest BCUT2D eigenvalue weighted by atomic mass is 35.5. The predicted octanol–water partition coefficient (Wildman–Crippen LogP) is 5.30. The third-order valence-corrected chi connectivity index (χ3v) is 7.88. The fourth-order valence-corrected chi connectivity index (χ4v) is 5.74. The first-order valence-electron chi connectivity index (χ1n) is 13.2. The quantitative estimate of drug-likeness (QED) is 0.255. The molecule has 1 amide bonds. The van der Waals surface area contributed by atoms with Crippen LogP contribution in [0.25, 0.3) is 28.2 Å². The average molecular weight is 600 g/mol. The minimum Gasteiger partial charge on any atom is -0.360 e. The maximum atomic E-state index is 13.9. The van der Waals surface area contributed by atoms with Gasteiger partial charge in [-0.25, -0.2) is 9.36 Å². The van der Waals surface area contributed by atoms with Gasteiger partial charge < -0.3 is 9.42 Å². The maximum Gasteiger partial charge on any atom is 0.260 e. The Kier molecular flexibility index (Phi) is 6.60. The number of halogens is 2. The van der Waals surface area contributed by atoms with Crippen molar-refractivity contribution in [3.8, 4) is 28.2 Å². The van der Waals surface area contributed by atoms with E-state index in [-0.39, 0.29) is 5.91 Å². The van der Waals surface area contributed by atoms with E-state index in [9.17, 15) is 4.79 Å². The molecule has 0 N–H and O–H groups in total. The molecule has 7 rings (SSSR count). The van der Waals surface area contributed by atoms with E-state index in [2.05, 4.69) is 25.7 Å². The molecule has 1 aliphatic rings. The van der Waals surface area contributed by atoms with Gasteiger partial charge in [-0.3, -0.25) is 9.48 Å². The Bertz CT molecular complexity index is 1900. The summed E-state index contributed by atoms with van der Waals surface area (Å²) in [5.74, 6) is 0.168. The van der Waals surface area contributed by atoms with Crippen LogP contribution in [0.1, 0.15) is 27.4 Å². The molecule has 0 aliphatic carbocycles. The molecule has 0 bridgehead atoms. The molecule has 42 heavy (non-hydrogen) atoms. The summed E-state index contributed by atoms with van der Waals surface area (Å²) in [5.41, 5.74) is 5.45. The Morgan fingerprint density at radius 1 is 0.976 bits per heavy atom. The van der Waals surface area contributed by atoms with E-state index in [0.29, 0.717) is 64.5 Å². The van der Waals surface area contributed by atoms with Crippen LogP contribution >= 0.6 is 23.2 Å². The topological polar surface area (TPSA) is 113 Å². The van der Waals surface area contributed by atoms with Gasteiger partial charge in [0.15, 0.2) is 0 Å². The number of rotatable bonds is 6. The van der Waals surface area contributed by atoms with Crippen molar-refractivity contribution < 1.29 is 9.32 Å². The number of carbonyl (C=O) groups excluding carboxylic acids is 1. The molecule has 0 radical (unpaired) electrons. The van der Waals surface area contributed by atoms with Crippen LogP contribution < -0.4 is 0 Å². The second kappa shape index (κ2) is 10.6. The highest BCUT2D eigenvalue weighted by Crippen LogP contribution is 2.37. The van der Waals surface area contributed by atoms with Crippen LogP contribution in [-0.4, -0.2) is 57.1 Å². The van der Waals surface area contributed by atoms with Gasteiger partial charge in [-0.1, -0.05) is 57.8 Å². The predicted molar refractivity (Wildman–Crippen MR) is 155 cm³/mol. The Labute approximate surface area is 249 Å². The summed E-state index contributed by atoms with van der Waals surface area (Å²) in [6.07, 6.45) is 7.43. The number of carbonyl (C=O) groups is 1. The lowest BCUT2D eigenvalue weighted by Crippen LogP contribution is -2.39. The van der Waals surface area contributed by atoms with Gasteiger partial charge in [-0.15, -0.1) is 5.10 Å². The Morgan fingerprint density at radius 3 is 2.60 bits per heavy atom. The van der Waals surface area contributed by atoms with Crippen LogP contribution in [0.2, 0.25) is 10.0 Å². The summed E-state index contributed by atoms with van der Waals surface area (Å²) in [6.45, 7) is 3.53. The summed E-state index contributed by atoms with van der Waals surface area (Å²) in [4.78, 5) is 15.6. The van der Waals surface area contributed by atoms with Gasteiger partial charge >= 0.3 is 0 Å². The molecule has 0 unspecified atom stereocenters. The molecule has 11 nitrogen and oxygen atoms in total. The van der Waals surface area contributed by atoms with Crippen LogP contribution in [0.5, 0.6) is 0 Å². The molecule has 0 saturated carbocycles. The Balaban J connectivity index is 1.12. The minimum atomic E-state index is -0.225. The van der Waals surface area contributed by atoms with E-state index in [1.807, 2.05) is 58.3 Å². The third-order valence-electron chi connectivity index (χ3n) is 7.25. The van der Waals surface area contributed by atoms with E-state index >= 15 is 0 Å². The zero-order valence-corrected chi connectivity index (χ0v) is 23.9. The van der Waals surface area contributed by atoms with E-state index < -0.39 is 0 Å². The number of nitrogens with zero attached hydrogens (tertiary/aromatic N) is 9. The van der Waals surface area contributed by atoms with Crippen molar-refractivity contribution in [2.24, 2.45) is 0 Å². The van der Waals surface area contributed by atoms with Crippen molar-refractivity contribution in [3.05, 3.63) is 106 Å². The Hall–Kier alpha value is -4.74. The minimum absolute atomic E-state index is 0.225. The molecular weight excluding hydrogens is 577 g/mol. The highest BCUT2D eigenvalue weighted by Gasteiger charge is 2.32. The number of aryl methyl sites for hydroxylation is 1. The lowest BCUT2D eigenvalue weighted by molar-refractivity contribution is 0.0705. The number of amides is 1. The standard InChI is InChI=1S/C29H23Cl2N9O2/c1-18-26(28(35-42-18)27-22(30)8-5-9-23(27)31)29(41)37-10-11-39-25(17-37)21(13-33-39)24-16-38(36-34-24)14-19-12-32-40(15-19)20-6-3-2-4-7-20/h2-9,12-13,15-16H,10-11,14,17H2,1H3. The zero-order valence-electron chi connectivity index (χ0n) is 22.4. The summed E-state index contributed by atoms with van der Waals surface area (Å²) in [5, 5.41) is 22.7. The molecule has 210 valence electrons.